The van der Waals surface area contributed by atoms with E-state index < -0.39 is 10.0 Å². The second-order valence-corrected chi connectivity index (χ2v) is 9.04. The van der Waals surface area contributed by atoms with Crippen LogP contribution in [-0.2, 0) is 14.8 Å². The number of carbonyl (C=O) groups is 2. The summed E-state index contributed by atoms with van der Waals surface area (Å²) in [5.74, 6) is -0.410. The molecule has 2 unspecified atom stereocenters. The number of nitrogens with one attached hydrogen (secondary N) is 2. The number of aromatic amines is 1. The van der Waals surface area contributed by atoms with Gasteiger partial charge in [0, 0.05) is 37.9 Å². The summed E-state index contributed by atoms with van der Waals surface area (Å²) in [4.78, 5) is 28.6. The Bertz CT molecular complexity index is 826. The molecule has 3 rings (SSSR count). The third kappa shape index (κ3) is 4.08. The van der Waals surface area contributed by atoms with Crippen molar-refractivity contribution in [3.05, 3.63) is 30.6 Å². The maximum atomic E-state index is 13.0. The Labute approximate surface area is 159 Å². The average molecular weight is 394 g/mol. The van der Waals surface area contributed by atoms with E-state index in [1.54, 1.807) is 4.90 Å². The molecular weight excluding hydrogens is 368 g/mol. The third-order valence-corrected chi connectivity index (χ3v) is 7.23. The van der Waals surface area contributed by atoms with Crippen LogP contribution in [0.15, 0.2) is 29.8 Å². The molecule has 0 spiro atoms. The van der Waals surface area contributed by atoms with Gasteiger partial charge in [0.2, 0.25) is 15.9 Å². The Morgan fingerprint density at radius 3 is 2.63 bits per heavy atom. The van der Waals surface area contributed by atoms with Gasteiger partial charge in [0.25, 0.3) is 5.91 Å². The van der Waals surface area contributed by atoms with Crippen LogP contribution in [0, 0.1) is 0 Å². The van der Waals surface area contributed by atoms with Crippen LogP contribution in [0.25, 0.3) is 0 Å². The maximum Gasteiger partial charge on any atom is 0.270 e. The predicted octanol–water partition coefficient (Wildman–Crippen LogP) is 1.09. The molecule has 0 aromatic carbocycles. The second kappa shape index (κ2) is 7.85. The maximum absolute atomic E-state index is 13.0. The first-order valence-electron chi connectivity index (χ1n) is 9.25. The average Bonchev–Trinajstić information content (AvgIpc) is 3.33. The summed E-state index contributed by atoms with van der Waals surface area (Å²) >= 11 is 0. The predicted molar refractivity (Wildman–Crippen MR) is 101 cm³/mol. The second-order valence-electron chi connectivity index (χ2n) is 7.15. The Kier molecular flexibility index (Phi) is 5.71. The van der Waals surface area contributed by atoms with Gasteiger partial charge in [-0.1, -0.05) is 6.58 Å². The lowest BCUT2D eigenvalue weighted by molar-refractivity contribution is -0.117. The monoisotopic (exact) mass is 394 g/mol. The molecule has 2 fully saturated rings. The zero-order valence-electron chi connectivity index (χ0n) is 15.5. The van der Waals surface area contributed by atoms with Gasteiger partial charge in [-0.05, 0) is 44.7 Å². The highest BCUT2D eigenvalue weighted by Gasteiger charge is 2.35. The molecule has 1 aromatic rings. The quantitative estimate of drug-likeness (QED) is 0.730. The number of amides is 2. The van der Waals surface area contributed by atoms with Crippen LogP contribution in [0.2, 0.25) is 0 Å². The number of likely N-dealkylation sites (tertiary alicyclic amines) is 1. The first-order chi connectivity index (χ1) is 12.8. The van der Waals surface area contributed by atoms with E-state index in [4.69, 9.17) is 0 Å². The Morgan fingerprint density at radius 1 is 1.30 bits per heavy atom. The summed E-state index contributed by atoms with van der Waals surface area (Å²) in [6.45, 7) is 6.99. The summed E-state index contributed by atoms with van der Waals surface area (Å²) in [6.07, 6.45) is 5.62. The van der Waals surface area contributed by atoms with Crippen molar-refractivity contribution in [2.24, 2.45) is 0 Å². The zero-order valence-corrected chi connectivity index (χ0v) is 16.3. The van der Waals surface area contributed by atoms with Crippen LogP contribution >= 0.6 is 0 Å². The molecule has 2 amide bonds. The van der Waals surface area contributed by atoms with E-state index in [2.05, 4.69) is 16.9 Å². The summed E-state index contributed by atoms with van der Waals surface area (Å²) in [5, 5.41) is 2.83. The number of hydrogen-bond acceptors (Lipinski definition) is 4. The van der Waals surface area contributed by atoms with Crippen molar-refractivity contribution < 1.29 is 18.0 Å². The van der Waals surface area contributed by atoms with Gasteiger partial charge in [0.05, 0.1) is 0 Å². The number of sulfonamides is 1. The standard InChI is InChI=1S/C18H26N4O4S/c1-3-17(23)20-14-6-9-22(13(2)10-14)27(25,26)15-11-16(19-12-15)18(24)21-7-4-5-8-21/h3,11-14,19H,1,4-10H2,2H3,(H,20,23). The number of nitrogens with zero attached hydrogens (tertiary/aromatic N) is 2. The van der Waals surface area contributed by atoms with E-state index in [1.165, 1.54) is 22.6 Å². The molecule has 2 saturated heterocycles. The highest BCUT2D eigenvalue weighted by molar-refractivity contribution is 7.89. The first-order valence-corrected chi connectivity index (χ1v) is 10.7. The molecule has 9 heteroatoms. The lowest BCUT2D eigenvalue weighted by atomic mass is 10.0. The summed E-state index contributed by atoms with van der Waals surface area (Å²) in [7, 11) is -3.71. The van der Waals surface area contributed by atoms with E-state index >= 15 is 0 Å². The van der Waals surface area contributed by atoms with Gasteiger partial charge < -0.3 is 15.2 Å². The van der Waals surface area contributed by atoms with Crippen molar-refractivity contribution in [3.8, 4) is 0 Å². The SMILES string of the molecule is C=CC(=O)NC1CCN(S(=O)(=O)c2c[nH]c(C(=O)N3CCCC3)c2)C(C)C1. The molecule has 2 aliphatic heterocycles. The van der Waals surface area contributed by atoms with Crippen LogP contribution in [0.4, 0.5) is 0 Å². The van der Waals surface area contributed by atoms with Gasteiger partial charge in [-0.15, -0.1) is 0 Å². The molecule has 0 bridgehead atoms. The molecule has 0 aliphatic carbocycles. The van der Waals surface area contributed by atoms with Crippen molar-refractivity contribution >= 4 is 21.8 Å². The fourth-order valence-electron chi connectivity index (χ4n) is 3.77. The molecular formula is C18H26N4O4S. The highest BCUT2D eigenvalue weighted by Crippen LogP contribution is 2.26. The van der Waals surface area contributed by atoms with Crippen LogP contribution in [0.1, 0.15) is 43.1 Å². The van der Waals surface area contributed by atoms with Crippen molar-refractivity contribution in [2.75, 3.05) is 19.6 Å². The van der Waals surface area contributed by atoms with Gasteiger partial charge >= 0.3 is 0 Å². The Morgan fingerprint density at radius 2 is 2.00 bits per heavy atom. The molecule has 0 radical (unpaired) electrons. The lowest BCUT2D eigenvalue weighted by Gasteiger charge is -2.36. The van der Waals surface area contributed by atoms with E-state index in [9.17, 15) is 18.0 Å². The molecule has 1 aromatic heterocycles. The van der Waals surface area contributed by atoms with Gasteiger partial charge in [-0.3, -0.25) is 9.59 Å². The highest BCUT2D eigenvalue weighted by atomic mass is 32.2. The third-order valence-electron chi connectivity index (χ3n) is 5.23. The smallest absolute Gasteiger partial charge is 0.270 e. The summed E-state index contributed by atoms with van der Waals surface area (Å²) in [6, 6.07) is 1.09. The number of carbonyl (C=O) groups excluding carboxylic acids is 2. The summed E-state index contributed by atoms with van der Waals surface area (Å²) < 4.78 is 27.5. The van der Waals surface area contributed by atoms with E-state index in [1.807, 2.05) is 6.92 Å². The van der Waals surface area contributed by atoms with Crippen LogP contribution < -0.4 is 5.32 Å². The Hall–Kier alpha value is -2.13. The van der Waals surface area contributed by atoms with Crippen LogP contribution in [0.5, 0.6) is 0 Å². The minimum absolute atomic E-state index is 0.0736. The number of H-pyrrole nitrogens is 1. The molecule has 0 saturated carbocycles. The largest absolute Gasteiger partial charge is 0.356 e. The number of aromatic nitrogens is 1. The van der Waals surface area contributed by atoms with Crippen molar-refractivity contribution in [1.29, 1.82) is 0 Å². The molecule has 2 aliphatic rings. The number of hydrogen-bond donors (Lipinski definition) is 2. The molecule has 3 heterocycles. The van der Waals surface area contributed by atoms with Crippen molar-refractivity contribution in [2.45, 2.75) is 49.6 Å². The van der Waals surface area contributed by atoms with Crippen molar-refractivity contribution in [1.82, 2.24) is 19.5 Å². The van der Waals surface area contributed by atoms with Crippen LogP contribution in [0.3, 0.4) is 0 Å². The minimum atomic E-state index is -3.71. The molecule has 27 heavy (non-hydrogen) atoms. The molecule has 2 N–H and O–H groups in total. The fourth-order valence-corrected chi connectivity index (χ4v) is 5.42. The summed E-state index contributed by atoms with van der Waals surface area (Å²) in [5.41, 5.74) is 0.302. The van der Waals surface area contributed by atoms with E-state index in [-0.39, 0.29) is 28.8 Å². The van der Waals surface area contributed by atoms with Gasteiger partial charge in [-0.25, -0.2) is 8.42 Å². The van der Waals surface area contributed by atoms with Gasteiger partial charge in [-0.2, -0.15) is 4.31 Å². The fraction of sp³-hybridized carbons (Fsp3) is 0.556. The van der Waals surface area contributed by atoms with Crippen LogP contribution in [-0.4, -0.2) is 66.1 Å². The topological polar surface area (TPSA) is 103 Å². The molecule has 8 nitrogen and oxygen atoms in total. The van der Waals surface area contributed by atoms with Crippen molar-refractivity contribution in [3.63, 3.8) is 0 Å². The van der Waals surface area contributed by atoms with E-state index in [0.717, 1.165) is 12.8 Å². The zero-order chi connectivity index (χ0) is 19.6. The molecule has 148 valence electrons. The van der Waals surface area contributed by atoms with Gasteiger partial charge in [0.1, 0.15) is 10.6 Å². The number of piperidine rings is 1. The first kappa shape index (κ1) is 19.6. The lowest BCUT2D eigenvalue weighted by Crippen LogP contribution is -2.50. The van der Waals surface area contributed by atoms with Gasteiger partial charge in [0.15, 0.2) is 0 Å². The Balaban J connectivity index is 1.70. The van der Waals surface area contributed by atoms with E-state index in [0.29, 0.717) is 38.2 Å². The molecule has 2 atom stereocenters. The number of rotatable bonds is 5. The minimum Gasteiger partial charge on any atom is -0.356 e. The normalized spacial score (nSPS) is 24.0.